The lowest BCUT2D eigenvalue weighted by molar-refractivity contribution is 0.173. The van der Waals surface area contributed by atoms with Crippen LogP contribution in [0, 0.1) is 11.3 Å². The predicted molar refractivity (Wildman–Crippen MR) is 65.0 cm³/mol. The Labute approximate surface area is 97.7 Å². The van der Waals surface area contributed by atoms with Crippen LogP contribution in [0.2, 0.25) is 0 Å². The topological polar surface area (TPSA) is 40.5 Å². The molecule has 2 heteroatoms. The predicted octanol–water partition coefficient (Wildman–Crippen LogP) is 2.42. The molecule has 16 heavy (non-hydrogen) atoms. The van der Waals surface area contributed by atoms with Gasteiger partial charge < -0.3 is 10.2 Å². The molecule has 0 radical (unpaired) electrons. The molecule has 90 valence electrons. The molecule has 0 aromatic carbocycles. The summed E-state index contributed by atoms with van der Waals surface area (Å²) in [6.07, 6.45) is 12.6. The third-order valence-electron chi connectivity index (χ3n) is 3.97. The first-order valence-electron chi connectivity index (χ1n) is 6.39. The molecule has 2 nitrogen and oxygen atoms in total. The van der Waals surface area contributed by atoms with Crippen molar-refractivity contribution in [2.45, 2.75) is 51.2 Å². The lowest BCUT2D eigenvalue weighted by atomic mass is 9.80. The third-order valence-corrected chi connectivity index (χ3v) is 3.97. The zero-order valence-electron chi connectivity index (χ0n) is 9.97. The largest absolute Gasteiger partial charge is 0.393 e. The molecule has 1 saturated carbocycles. The Bertz CT molecular complexity index is 295. The molecule has 2 rings (SSSR count). The van der Waals surface area contributed by atoms with Crippen molar-refractivity contribution in [3.8, 4) is 0 Å². The minimum Gasteiger partial charge on any atom is -0.393 e. The molecule has 0 aliphatic heterocycles. The summed E-state index contributed by atoms with van der Waals surface area (Å²) in [4.78, 5) is 0. The Morgan fingerprint density at radius 1 is 1.56 bits per heavy atom. The van der Waals surface area contributed by atoms with Crippen molar-refractivity contribution < 1.29 is 10.2 Å². The monoisotopic (exact) mass is 222 g/mol. The summed E-state index contributed by atoms with van der Waals surface area (Å²) in [6, 6.07) is 0. The van der Waals surface area contributed by atoms with Gasteiger partial charge in [-0.3, -0.25) is 0 Å². The van der Waals surface area contributed by atoms with Crippen LogP contribution in [-0.4, -0.2) is 22.4 Å². The van der Waals surface area contributed by atoms with E-state index in [2.05, 4.69) is 25.2 Å². The zero-order chi connectivity index (χ0) is 11.6. The molecule has 1 fully saturated rings. The van der Waals surface area contributed by atoms with Gasteiger partial charge >= 0.3 is 0 Å². The molecule has 0 heterocycles. The second-order valence-corrected chi connectivity index (χ2v) is 5.26. The van der Waals surface area contributed by atoms with E-state index in [-0.39, 0.29) is 17.6 Å². The molecular weight excluding hydrogens is 200 g/mol. The van der Waals surface area contributed by atoms with Gasteiger partial charge in [-0.25, -0.2) is 0 Å². The summed E-state index contributed by atoms with van der Waals surface area (Å²) in [5.74, 6) is 0.549. The number of aliphatic hydroxyl groups excluding tert-OH is 2. The number of rotatable bonds is 4. The van der Waals surface area contributed by atoms with Gasteiger partial charge in [0.1, 0.15) is 0 Å². The molecule has 2 N–H and O–H groups in total. The van der Waals surface area contributed by atoms with Gasteiger partial charge in [0.25, 0.3) is 0 Å². The van der Waals surface area contributed by atoms with Crippen LogP contribution in [0.25, 0.3) is 0 Å². The Balaban J connectivity index is 2.04. The molecule has 2 aliphatic carbocycles. The first-order chi connectivity index (χ1) is 7.66. The fourth-order valence-corrected chi connectivity index (χ4v) is 3.12. The van der Waals surface area contributed by atoms with E-state index in [1.807, 2.05) is 6.08 Å². The fourth-order valence-electron chi connectivity index (χ4n) is 3.12. The average molecular weight is 222 g/mol. The molecule has 0 spiro atoms. The van der Waals surface area contributed by atoms with E-state index in [0.717, 1.165) is 32.1 Å². The normalized spacial score (nSPS) is 39.4. The van der Waals surface area contributed by atoms with Crippen LogP contribution in [-0.2, 0) is 0 Å². The molecule has 0 aromatic heterocycles. The van der Waals surface area contributed by atoms with Crippen molar-refractivity contribution in [3.63, 3.8) is 0 Å². The third kappa shape index (κ3) is 2.23. The molecule has 0 saturated heterocycles. The Morgan fingerprint density at radius 3 is 3.12 bits per heavy atom. The molecule has 0 amide bonds. The van der Waals surface area contributed by atoms with Crippen LogP contribution in [0.5, 0.6) is 0 Å². The number of allylic oxidation sites excluding steroid dienone is 3. The molecule has 2 aliphatic rings. The first kappa shape index (κ1) is 11.9. The number of hydrogen-bond acceptors (Lipinski definition) is 2. The first-order valence-corrected chi connectivity index (χ1v) is 6.39. The van der Waals surface area contributed by atoms with Gasteiger partial charge in [-0.05, 0) is 31.6 Å². The van der Waals surface area contributed by atoms with Crippen LogP contribution in [0.15, 0.2) is 24.3 Å². The fraction of sp³-hybridized carbons (Fsp3) is 0.714. The maximum Gasteiger partial charge on any atom is 0.0721 e. The lowest BCUT2D eigenvalue weighted by Crippen LogP contribution is -2.17. The van der Waals surface area contributed by atoms with Gasteiger partial charge in [0, 0.05) is 5.41 Å². The van der Waals surface area contributed by atoms with Crippen molar-refractivity contribution in [3.05, 3.63) is 24.3 Å². The van der Waals surface area contributed by atoms with E-state index in [9.17, 15) is 10.2 Å². The molecular formula is C14H22O2. The van der Waals surface area contributed by atoms with Gasteiger partial charge in [0.05, 0.1) is 12.2 Å². The summed E-state index contributed by atoms with van der Waals surface area (Å²) in [5.41, 5.74) is 0.0359. The Morgan fingerprint density at radius 2 is 2.38 bits per heavy atom. The maximum atomic E-state index is 9.74. The van der Waals surface area contributed by atoms with Crippen LogP contribution in [0.4, 0.5) is 0 Å². The van der Waals surface area contributed by atoms with Gasteiger partial charge in [0.2, 0.25) is 0 Å². The van der Waals surface area contributed by atoms with Crippen LogP contribution >= 0.6 is 0 Å². The highest BCUT2D eigenvalue weighted by Crippen LogP contribution is 2.51. The van der Waals surface area contributed by atoms with E-state index in [1.54, 1.807) is 0 Å². The van der Waals surface area contributed by atoms with E-state index < -0.39 is 0 Å². The van der Waals surface area contributed by atoms with E-state index in [0.29, 0.717) is 5.92 Å². The summed E-state index contributed by atoms with van der Waals surface area (Å²) in [7, 11) is 0. The smallest absolute Gasteiger partial charge is 0.0721 e. The summed E-state index contributed by atoms with van der Waals surface area (Å²) in [5, 5.41) is 19.5. The second-order valence-electron chi connectivity index (χ2n) is 5.26. The molecule has 0 bridgehead atoms. The maximum absolute atomic E-state index is 9.74. The minimum atomic E-state index is -0.327. The van der Waals surface area contributed by atoms with Crippen LogP contribution in [0.1, 0.15) is 39.0 Å². The quantitative estimate of drug-likeness (QED) is 0.717. The molecule has 4 atom stereocenters. The molecule has 3 unspecified atom stereocenters. The van der Waals surface area contributed by atoms with E-state index >= 15 is 0 Å². The summed E-state index contributed by atoms with van der Waals surface area (Å²) in [6.45, 7) is 2.08. The van der Waals surface area contributed by atoms with Crippen LogP contribution in [0.3, 0.4) is 0 Å². The van der Waals surface area contributed by atoms with Gasteiger partial charge in [-0.15, -0.1) is 0 Å². The highest BCUT2D eigenvalue weighted by molar-refractivity contribution is 5.24. The Kier molecular flexibility index (Phi) is 3.50. The zero-order valence-corrected chi connectivity index (χ0v) is 9.97. The standard InChI is InChI=1S/C14H22O2/c1-2-4-12(15)6-8-14-7-3-5-11(14)9-13(16)10-14/h3,6-8,11-13,15-16H,2,4-5,9-10H2,1H3/b8-6+/t11?,12-,13?,14?/m0/s1. The van der Waals surface area contributed by atoms with Crippen molar-refractivity contribution in [2.75, 3.05) is 0 Å². The highest BCUT2D eigenvalue weighted by Gasteiger charge is 2.45. The SMILES string of the molecule is CCC[C@H](O)/C=C/C12C=CCC1CC(O)C2. The average Bonchev–Trinajstić information content (AvgIpc) is 2.71. The number of hydrogen-bond donors (Lipinski definition) is 2. The van der Waals surface area contributed by atoms with Crippen molar-refractivity contribution in [1.82, 2.24) is 0 Å². The number of aliphatic hydroxyl groups is 2. The number of fused-ring (bicyclic) bond motifs is 1. The summed E-state index contributed by atoms with van der Waals surface area (Å²) < 4.78 is 0. The van der Waals surface area contributed by atoms with Gasteiger partial charge in [-0.2, -0.15) is 0 Å². The molecule has 0 aromatic rings. The van der Waals surface area contributed by atoms with E-state index in [4.69, 9.17) is 0 Å². The van der Waals surface area contributed by atoms with Crippen molar-refractivity contribution in [2.24, 2.45) is 11.3 Å². The lowest BCUT2D eigenvalue weighted by Gasteiger charge is -2.24. The highest BCUT2D eigenvalue weighted by atomic mass is 16.3. The van der Waals surface area contributed by atoms with E-state index in [1.165, 1.54) is 0 Å². The van der Waals surface area contributed by atoms with Gasteiger partial charge in [0.15, 0.2) is 0 Å². The Hall–Kier alpha value is -0.600. The van der Waals surface area contributed by atoms with Crippen molar-refractivity contribution >= 4 is 0 Å². The second kappa shape index (κ2) is 4.72. The summed E-state index contributed by atoms with van der Waals surface area (Å²) >= 11 is 0. The van der Waals surface area contributed by atoms with Crippen LogP contribution < -0.4 is 0 Å². The van der Waals surface area contributed by atoms with Gasteiger partial charge in [-0.1, -0.05) is 37.6 Å². The minimum absolute atomic E-state index is 0.0359. The van der Waals surface area contributed by atoms with Crippen molar-refractivity contribution in [1.29, 1.82) is 0 Å².